The van der Waals surface area contributed by atoms with Crippen LogP contribution in [0, 0.1) is 6.92 Å². The lowest BCUT2D eigenvalue weighted by Gasteiger charge is -2.08. The highest BCUT2D eigenvalue weighted by Gasteiger charge is 2.11. The van der Waals surface area contributed by atoms with Crippen LogP contribution in [0.3, 0.4) is 0 Å². The molecular formula is C21H18ClN3OS2. The minimum absolute atomic E-state index is 0.0158. The molecule has 7 heteroatoms. The Morgan fingerprint density at radius 2 is 1.93 bits per heavy atom. The number of nitrogens with zero attached hydrogens (tertiary/aromatic N) is 3. The van der Waals surface area contributed by atoms with Crippen LogP contribution in [-0.2, 0) is 19.2 Å². The first-order valence-electron chi connectivity index (χ1n) is 8.77. The Morgan fingerprint density at radius 1 is 1.14 bits per heavy atom. The van der Waals surface area contributed by atoms with E-state index in [1.807, 2.05) is 49.4 Å². The fourth-order valence-corrected chi connectivity index (χ4v) is 4.83. The minimum Gasteiger partial charge on any atom is -0.290 e. The fraction of sp³-hybridized carbons (Fsp3) is 0.190. The largest absolute Gasteiger partial charge is 0.290 e. The first-order valence-corrected chi connectivity index (χ1v) is 11.0. The van der Waals surface area contributed by atoms with Crippen LogP contribution in [0.2, 0.25) is 5.02 Å². The number of rotatable bonds is 5. The van der Waals surface area contributed by atoms with Gasteiger partial charge in [-0.25, -0.2) is 9.97 Å². The van der Waals surface area contributed by atoms with E-state index >= 15 is 0 Å². The first-order chi connectivity index (χ1) is 13.5. The van der Waals surface area contributed by atoms with Crippen molar-refractivity contribution in [3.8, 4) is 0 Å². The van der Waals surface area contributed by atoms with Crippen molar-refractivity contribution < 1.29 is 0 Å². The summed E-state index contributed by atoms with van der Waals surface area (Å²) in [6.45, 7) is 1.98. The molecule has 4 aromatic rings. The zero-order valence-corrected chi connectivity index (χ0v) is 17.9. The summed E-state index contributed by atoms with van der Waals surface area (Å²) in [7, 11) is 1.77. The van der Waals surface area contributed by atoms with Crippen molar-refractivity contribution >= 4 is 45.6 Å². The van der Waals surface area contributed by atoms with Gasteiger partial charge in [-0.3, -0.25) is 9.36 Å². The maximum absolute atomic E-state index is 12.6. The number of thiazole rings is 1. The van der Waals surface area contributed by atoms with Gasteiger partial charge in [0.15, 0.2) is 5.16 Å². The minimum atomic E-state index is -0.0158. The highest BCUT2D eigenvalue weighted by Crippen LogP contribution is 2.24. The summed E-state index contributed by atoms with van der Waals surface area (Å²) in [6, 6.07) is 13.6. The van der Waals surface area contributed by atoms with E-state index in [0.717, 1.165) is 33.2 Å². The van der Waals surface area contributed by atoms with Crippen LogP contribution in [0.4, 0.5) is 0 Å². The zero-order chi connectivity index (χ0) is 19.7. The molecule has 0 unspecified atom stereocenters. The van der Waals surface area contributed by atoms with Crippen molar-refractivity contribution in [1.82, 2.24) is 14.5 Å². The van der Waals surface area contributed by atoms with Gasteiger partial charge >= 0.3 is 0 Å². The lowest BCUT2D eigenvalue weighted by molar-refractivity contribution is 0.726. The van der Waals surface area contributed by atoms with Gasteiger partial charge in [0.1, 0.15) is 0 Å². The third-order valence-electron chi connectivity index (χ3n) is 4.41. The van der Waals surface area contributed by atoms with Gasteiger partial charge in [-0.05, 0) is 36.8 Å². The van der Waals surface area contributed by atoms with E-state index in [4.69, 9.17) is 16.6 Å². The molecule has 2 aromatic carbocycles. The molecule has 0 aliphatic rings. The second kappa shape index (κ2) is 8.07. The van der Waals surface area contributed by atoms with Gasteiger partial charge in [0.05, 0.1) is 21.6 Å². The van der Waals surface area contributed by atoms with Crippen molar-refractivity contribution in [2.45, 2.75) is 24.3 Å². The molecule has 0 atom stereocenters. The van der Waals surface area contributed by atoms with Crippen LogP contribution in [0.15, 0.2) is 57.8 Å². The van der Waals surface area contributed by atoms with Crippen molar-refractivity contribution in [1.29, 1.82) is 0 Å². The number of hydrogen-bond acceptors (Lipinski definition) is 5. The van der Waals surface area contributed by atoms with Gasteiger partial charge in [0.25, 0.3) is 5.56 Å². The van der Waals surface area contributed by atoms with Crippen molar-refractivity contribution in [2.75, 3.05) is 0 Å². The lowest BCUT2D eigenvalue weighted by Crippen LogP contribution is -2.20. The van der Waals surface area contributed by atoms with Crippen LogP contribution < -0.4 is 5.56 Å². The Hall–Kier alpha value is -2.15. The molecule has 0 spiro atoms. The average Bonchev–Trinajstić information content (AvgIpc) is 3.13. The van der Waals surface area contributed by atoms with E-state index in [1.54, 1.807) is 23.0 Å². The zero-order valence-electron chi connectivity index (χ0n) is 15.5. The molecule has 28 heavy (non-hydrogen) atoms. The third-order valence-corrected chi connectivity index (χ3v) is 6.62. The van der Waals surface area contributed by atoms with E-state index in [2.05, 4.69) is 10.4 Å². The Bertz CT molecular complexity index is 1200. The number of aromatic nitrogens is 3. The quantitative estimate of drug-likeness (QED) is 0.323. The summed E-state index contributed by atoms with van der Waals surface area (Å²) in [5.41, 5.74) is 3.96. The van der Waals surface area contributed by atoms with E-state index in [0.29, 0.717) is 16.3 Å². The summed E-state index contributed by atoms with van der Waals surface area (Å²) in [5, 5.41) is 5.23. The number of benzene rings is 2. The molecule has 0 aliphatic heterocycles. The number of hydrogen-bond donors (Lipinski definition) is 0. The van der Waals surface area contributed by atoms with Gasteiger partial charge in [0, 0.05) is 29.6 Å². The molecule has 142 valence electrons. The summed E-state index contributed by atoms with van der Waals surface area (Å²) in [6.07, 6.45) is 0.790. The summed E-state index contributed by atoms with van der Waals surface area (Å²) in [5.74, 6) is 0.675. The Balaban J connectivity index is 1.50. The van der Waals surface area contributed by atoms with Gasteiger partial charge in [-0.2, -0.15) is 0 Å². The van der Waals surface area contributed by atoms with Crippen LogP contribution in [0.5, 0.6) is 0 Å². The molecule has 4 nitrogen and oxygen atoms in total. The topological polar surface area (TPSA) is 47.8 Å². The van der Waals surface area contributed by atoms with E-state index < -0.39 is 0 Å². The van der Waals surface area contributed by atoms with Crippen LogP contribution in [0.25, 0.3) is 10.9 Å². The Kier molecular flexibility index (Phi) is 5.53. The number of thioether (sulfide) groups is 1. The summed E-state index contributed by atoms with van der Waals surface area (Å²) >= 11 is 9.12. The van der Waals surface area contributed by atoms with E-state index in [1.165, 1.54) is 17.3 Å². The maximum Gasteiger partial charge on any atom is 0.261 e. The standard InChI is InChI=1S/C21H18ClN3OS2/c1-13-3-8-18-17(9-13)20(26)25(2)21(24-18)28-12-16-11-27-19(23-16)10-14-4-6-15(22)7-5-14/h3-9,11H,10,12H2,1-2H3. The van der Waals surface area contributed by atoms with Crippen molar-refractivity contribution in [2.24, 2.45) is 7.05 Å². The molecule has 0 saturated carbocycles. The molecule has 0 radical (unpaired) electrons. The highest BCUT2D eigenvalue weighted by atomic mass is 35.5. The molecule has 2 aromatic heterocycles. The van der Waals surface area contributed by atoms with Crippen LogP contribution in [-0.4, -0.2) is 14.5 Å². The molecule has 2 heterocycles. The highest BCUT2D eigenvalue weighted by molar-refractivity contribution is 7.98. The fourth-order valence-electron chi connectivity index (χ4n) is 2.91. The number of fused-ring (bicyclic) bond motifs is 1. The van der Waals surface area contributed by atoms with Gasteiger partial charge in [0.2, 0.25) is 0 Å². The van der Waals surface area contributed by atoms with Crippen LogP contribution in [0.1, 0.15) is 21.8 Å². The predicted octanol–water partition coefficient (Wildman–Crippen LogP) is 5.23. The Morgan fingerprint density at radius 3 is 2.71 bits per heavy atom. The smallest absolute Gasteiger partial charge is 0.261 e. The third kappa shape index (κ3) is 4.14. The molecule has 0 saturated heterocycles. The van der Waals surface area contributed by atoms with E-state index in [-0.39, 0.29) is 5.56 Å². The molecule has 4 rings (SSSR count). The molecule has 0 N–H and O–H groups in total. The average molecular weight is 428 g/mol. The second-order valence-corrected chi connectivity index (χ2v) is 8.93. The SMILES string of the molecule is Cc1ccc2nc(SCc3csc(Cc4ccc(Cl)cc4)n3)n(C)c(=O)c2c1. The lowest BCUT2D eigenvalue weighted by atomic mass is 10.2. The van der Waals surface area contributed by atoms with E-state index in [9.17, 15) is 4.79 Å². The molecule has 0 fully saturated rings. The summed E-state index contributed by atoms with van der Waals surface area (Å²) in [4.78, 5) is 22.0. The predicted molar refractivity (Wildman–Crippen MR) is 118 cm³/mol. The monoisotopic (exact) mass is 427 g/mol. The first kappa shape index (κ1) is 19.2. The van der Waals surface area contributed by atoms with Crippen molar-refractivity contribution in [3.63, 3.8) is 0 Å². The second-order valence-electron chi connectivity index (χ2n) is 6.60. The Labute approximate surface area is 176 Å². The number of aryl methyl sites for hydroxylation is 1. The number of halogens is 1. The normalized spacial score (nSPS) is 11.2. The van der Waals surface area contributed by atoms with Crippen LogP contribution >= 0.6 is 34.7 Å². The van der Waals surface area contributed by atoms with Gasteiger partial charge in [-0.1, -0.05) is 47.1 Å². The molecule has 0 aliphatic carbocycles. The molecule has 0 amide bonds. The maximum atomic E-state index is 12.6. The summed E-state index contributed by atoms with van der Waals surface area (Å²) < 4.78 is 1.62. The van der Waals surface area contributed by atoms with Crippen molar-refractivity contribution in [3.05, 3.63) is 85.0 Å². The molecule has 0 bridgehead atoms. The molecular weight excluding hydrogens is 410 g/mol. The van der Waals surface area contributed by atoms with Gasteiger partial charge < -0.3 is 0 Å². The van der Waals surface area contributed by atoms with Gasteiger partial charge in [-0.15, -0.1) is 11.3 Å².